The van der Waals surface area contributed by atoms with Gasteiger partial charge in [-0.3, -0.25) is 0 Å². The third kappa shape index (κ3) is 7.61. The number of benzene rings is 19. The van der Waals surface area contributed by atoms with Gasteiger partial charge in [0.1, 0.15) is 0 Å². The van der Waals surface area contributed by atoms with Crippen LogP contribution in [0.4, 0.5) is 0 Å². The van der Waals surface area contributed by atoms with E-state index in [0.717, 1.165) is 0 Å². The zero-order valence-corrected chi connectivity index (χ0v) is 52.5. The van der Waals surface area contributed by atoms with E-state index in [9.17, 15) is 0 Å². The van der Waals surface area contributed by atoms with Gasteiger partial charge in [-0.15, -0.1) is 22.7 Å². The monoisotopic (exact) mass is 1220 g/mol. The van der Waals surface area contributed by atoms with Crippen molar-refractivity contribution >= 4 is 182 Å². The van der Waals surface area contributed by atoms with Crippen LogP contribution in [0.5, 0.6) is 0 Å². The summed E-state index contributed by atoms with van der Waals surface area (Å²) in [6.07, 6.45) is 0. The average molecular weight is 1220 g/mol. The minimum atomic E-state index is 1.20. The summed E-state index contributed by atoms with van der Waals surface area (Å²) in [7, 11) is 0. The van der Waals surface area contributed by atoms with Crippen molar-refractivity contribution in [1.82, 2.24) is 0 Å². The van der Waals surface area contributed by atoms with Gasteiger partial charge in [0.25, 0.3) is 0 Å². The fourth-order valence-electron chi connectivity index (χ4n) is 16.5. The zero-order chi connectivity index (χ0) is 61.3. The van der Waals surface area contributed by atoms with Gasteiger partial charge in [0.2, 0.25) is 0 Å². The third-order valence-corrected chi connectivity index (χ3v) is 23.2. The third-order valence-electron chi connectivity index (χ3n) is 20.7. The van der Waals surface area contributed by atoms with E-state index in [-0.39, 0.29) is 0 Å². The Bertz CT molecular complexity index is 6800. The summed E-state index contributed by atoms with van der Waals surface area (Å²) in [5.41, 5.74) is 12.4. The predicted octanol–water partition coefficient (Wildman–Crippen LogP) is 27.4. The van der Waals surface area contributed by atoms with Crippen LogP contribution < -0.4 is 0 Å². The average Bonchev–Trinajstić information content (AvgIpc) is 0.897. The molecule has 0 saturated carbocycles. The molecule has 0 aliphatic heterocycles. The summed E-state index contributed by atoms with van der Waals surface area (Å²) in [6.45, 7) is 0. The number of fused-ring (bicyclic) bond motifs is 23. The van der Waals surface area contributed by atoms with E-state index < -0.39 is 0 Å². The molecule has 0 radical (unpaired) electrons. The van der Waals surface area contributed by atoms with Gasteiger partial charge in [0.15, 0.2) is 0 Å². The molecule has 19 aromatic carbocycles. The summed E-state index contributed by atoms with van der Waals surface area (Å²) >= 11 is 3.81. The van der Waals surface area contributed by atoms with Gasteiger partial charge in [-0.1, -0.05) is 267 Å². The first kappa shape index (κ1) is 52.1. The van der Waals surface area contributed by atoms with Gasteiger partial charge in [-0.2, -0.15) is 0 Å². The van der Waals surface area contributed by atoms with Gasteiger partial charge >= 0.3 is 0 Å². The summed E-state index contributed by atoms with van der Waals surface area (Å²) < 4.78 is 5.35. The largest absolute Gasteiger partial charge is 0.135 e. The van der Waals surface area contributed by atoms with Crippen molar-refractivity contribution in [3.8, 4) is 55.6 Å². The highest BCUT2D eigenvalue weighted by Crippen LogP contribution is 2.51. The first-order chi connectivity index (χ1) is 46.6. The maximum absolute atomic E-state index is 2.48. The van der Waals surface area contributed by atoms with Crippen LogP contribution in [-0.4, -0.2) is 0 Å². The molecule has 0 aliphatic carbocycles. The second-order valence-electron chi connectivity index (χ2n) is 25.6. The second kappa shape index (κ2) is 20.0. The fraction of sp³-hybridized carbons (Fsp3) is 0. The molecule has 0 nitrogen and oxygen atoms in total. The molecule has 0 unspecified atom stereocenters. The lowest BCUT2D eigenvalue weighted by Crippen LogP contribution is -1.91. The molecule has 432 valence electrons. The van der Waals surface area contributed by atoms with E-state index in [1.165, 1.54) is 214 Å². The Labute approximate surface area is 548 Å². The van der Waals surface area contributed by atoms with Crippen molar-refractivity contribution in [2.24, 2.45) is 0 Å². The smallest absolute Gasteiger partial charge is 0.0433 e. The first-order valence-electron chi connectivity index (χ1n) is 32.5. The van der Waals surface area contributed by atoms with E-state index in [1.807, 2.05) is 22.7 Å². The molecule has 2 aromatic heterocycles. The van der Waals surface area contributed by atoms with Crippen LogP contribution >= 0.6 is 22.7 Å². The molecule has 2 heterocycles. The van der Waals surface area contributed by atoms with Crippen LogP contribution in [-0.2, 0) is 0 Å². The predicted molar refractivity (Wildman–Crippen MR) is 412 cm³/mol. The van der Waals surface area contributed by atoms with Crippen LogP contribution in [0.3, 0.4) is 0 Å². The standard InChI is InChI=1S/C92H52S2/c1-3-17-64-53(15-1)33-43-78-83-51-61(38-45-85(83)93-91(64)78)89-74-25-11-7-21-70(74)87(71-22-8-12-26-75(71)89)59-32-30-55-29-31-58-47-56(35-40-63(58)80(55)49-59)57-36-41-69-81(48-57)67-20-6-5-19-66(67)68-42-37-60(50-82(68)69)88-72-23-9-13-27-76(72)90(77-28-14-10-24-73(77)88)62-39-46-86-84(52-62)79-44-34-54-16-2-4-18-65(54)92(79)94-86/h1-52H. The van der Waals surface area contributed by atoms with Crippen molar-refractivity contribution in [1.29, 1.82) is 0 Å². The van der Waals surface area contributed by atoms with Crippen LogP contribution in [0.1, 0.15) is 0 Å². The molecule has 0 amide bonds. The Morgan fingerprint density at radius 1 is 0.138 bits per heavy atom. The van der Waals surface area contributed by atoms with Crippen LogP contribution in [0.2, 0.25) is 0 Å². The Hall–Kier alpha value is -11.5. The molecule has 0 aliphatic rings. The normalized spacial score (nSPS) is 12.3. The van der Waals surface area contributed by atoms with Gasteiger partial charge in [0, 0.05) is 40.3 Å². The first-order valence-corrected chi connectivity index (χ1v) is 34.2. The summed E-state index contributed by atoms with van der Waals surface area (Å²) in [5, 5.41) is 33.1. The number of hydrogen-bond acceptors (Lipinski definition) is 2. The lowest BCUT2D eigenvalue weighted by atomic mass is 9.84. The van der Waals surface area contributed by atoms with Gasteiger partial charge in [-0.05, 0) is 223 Å². The zero-order valence-electron chi connectivity index (χ0n) is 50.8. The molecular weight excluding hydrogens is 1170 g/mol. The van der Waals surface area contributed by atoms with Gasteiger partial charge < -0.3 is 0 Å². The molecule has 21 rings (SSSR count). The lowest BCUT2D eigenvalue weighted by Gasteiger charge is -2.19. The van der Waals surface area contributed by atoms with E-state index in [4.69, 9.17) is 0 Å². The molecule has 0 fully saturated rings. The highest BCUT2D eigenvalue weighted by Gasteiger charge is 2.22. The van der Waals surface area contributed by atoms with Crippen molar-refractivity contribution in [2.45, 2.75) is 0 Å². The van der Waals surface area contributed by atoms with Crippen molar-refractivity contribution in [3.63, 3.8) is 0 Å². The van der Waals surface area contributed by atoms with Gasteiger partial charge in [0.05, 0.1) is 0 Å². The van der Waals surface area contributed by atoms with Crippen LogP contribution in [0, 0.1) is 0 Å². The van der Waals surface area contributed by atoms with Crippen molar-refractivity contribution in [2.75, 3.05) is 0 Å². The van der Waals surface area contributed by atoms with Crippen LogP contribution in [0.25, 0.3) is 214 Å². The molecule has 2 heteroatoms. The summed E-state index contributed by atoms with van der Waals surface area (Å²) in [6, 6.07) is 120. The number of rotatable bonds is 5. The summed E-state index contributed by atoms with van der Waals surface area (Å²) in [4.78, 5) is 0. The Morgan fingerprint density at radius 2 is 0.404 bits per heavy atom. The molecular formula is C92H52S2. The van der Waals surface area contributed by atoms with E-state index >= 15 is 0 Å². The van der Waals surface area contributed by atoms with Crippen molar-refractivity contribution in [3.05, 3.63) is 315 Å². The highest BCUT2D eigenvalue weighted by molar-refractivity contribution is 7.27. The topological polar surface area (TPSA) is 0 Å². The second-order valence-corrected chi connectivity index (χ2v) is 27.7. The SMILES string of the molecule is c1ccc2c(c1)ccc1c3cc(-c4c5ccccc5c(-c5ccc6ccc7cc(-c8ccc9c(c8)c8ccccc8c8ccc(-c%10c%11ccccc%11c(-c%11ccc%12sc%13c%14ccccc%14ccc%13c%12c%11)c%11ccccc%10%11)cc89)ccc7c6c5)c5ccccc45)ccc3sc21. The Morgan fingerprint density at radius 3 is 0.872 bits per heavy atom. The van der Waals surface area contributed by atoms with Crippen molar-refractivity contribution < 1.29 is 0 Å². The molecule has 0 saturated heterocycles. The maximum Gasteiger partial charge on any atom is 0.0433 e. The maximum atomic E-state index is 2.48. The molecule has 0 N–H and O–H groups in total. The fourth-order valence-corrected chi connectivity index (χ4v) is 18.9. The minimum absolute atomic E-state index is 1.20. The molecule has 0 spiro atoms. The van der Waals surface area contributed by atoms with E-state index in [1.54, 1.807) is 0 Å². The lowest BCUT2D eigenvalue weighted by molar-refractivity contribution is 1.68. The molecule has 21 aromatic rings. The molecule has 94 heavy (non-hydrogen) atoms. The molecule has 0 bridgehead atoms. The van der Waals surface area contributed by atoms with Gasteiger partial charge in [-0.25, -0.2) is 0 Å². The van der Waals surface area contributed by atoms with E-state index in [0.29, 0.717) is 0 Å². The van der Waals surface area contributed by atoms with E-state index in [2.05, 4.69) is 315 Å². The number of hydrogen-bond donors (Lipinski definition) is 0. The quantitative estimate of drug-likeness (QED) is 0.119. The highest BCUT2D eigenvalue weighted by atomic mass is 32.1. The molecule has 0 atom stereocenters. The minimum Gasteiger partial charge on any atom is -0.135 e. The number of thiophene rings is 2. The summed E-state index contributed by atoms with van der Waals surface area (Å²) in [5.74, 6) is 0. The Kier molecular flexibility index (Phi) is 11.1. The van der Waals surface area contributed by atoms with Crippen LogP contribution in [0.15, 0.2) is 315 Å². The Balaban J connectivity index is 0.680.